The summed E-state index contributed by atoms with van der Waals surface area (Å²) in [6, 6.07) is 13.4. The van der Waals surface area contributed by atoms with Crippen LogP contribution in [0.3, 0.4) is 0 Å². The fourth-order valence-electron chi connectivity index (χ4n) is 5.09. The number of halogens is 2. The maximum Gasteiger partial charge on any atom is 0.335 e. The number of carbonyl (C=O) groups is 2. The van der Waals surface area contributed by atoms with Crippen LogP contribution in [-0.2, 0) is 4.79 Å². The van der Waals surface area contributed by atoms with Crippen LogP contribution in [0.5, 0.6) is 0 Å². The average molecular weight is 427 g/mol. The first kappa shape index (κ1) is 20.1. The first-order valence-corrected chi connectivity index (χ1v) is 10.5. The Bertz CT molecular complexity index is 1050. The number of rotatable bonds is 4. The molecule has 0 bridgehead atoms. The summed E-state index contributed by atoms with van der Waals surface area (Å²) in [5.74, 6) is -5.06. The van der Waals surface area contributed by atoms with E-state index in [1.165, 1.54) is 11.0 Å². The largest absolute Gasteiger partial charge is 0.478 e. The molecule has 0 unspecified atom stereocenters. The standard InChI is InChI=1S/C24H23F2NO4/c25-24(26)19(22(24)10-12-27(13-11-22)21(30)23(31)8-9-23)16-6-4-15(5-7-16)17-2-1-3-18(14-17)20(28)29/h1-7,14,19,31H,8-13H2,(H,28,29)/t19-/m1/s1. The minimum absolute atomic E-state index is 0.173. The van der Waals surface area contributed by atoms with Crippen molar-refractivity contribution < 1.29 is 28.6 Å². The Balaban J connectivity index is 1.32. The number of carbonyl (C=O) groups excluding carboxylic acids is 1. The molecule has 2 aromatic carbocycles. The number of amides is 1. The zero-order valence-electron chi connectivity index (χ0n) is 16.9. The quantitative estimate of drug-likeness (QED) is 0.776. The van der Waals surface area contributed by atoms with Crippen molar-refractivity contribution in [1.29, 1.82) is 0 Å². The summed E-state index contributed by atoms with van der Waals surface area (Å²) in [4.78, 5) is 25.0. The van der Waals surface area contributed by atoms with Crippen molar-refractivity contribution in [3.05, 3.63) is 59.7 Å². The molecule has 1 aliphatic heterocycles. The zero-order valence-corrected chi connectivity index (χ0v) is 16.9. The zero-order chi connectivity index (χ0) is 22.0. The number of aliphatic hydroxyl groups is 1. The maximum atomic E-state index is 14.9. The van der Waals surface area contributed by atoms with Crippen LogP contribution in [0, 0.1) is 5.41 Å². The Hall–Kier alpha value is -2.80. The Kier molecular flexibility index (Phi) is 4.28. The van der Waals surface area contributed by atoms with Gasteiger partial charge >= 0.3 is 5.97 Å². The molecule has 1 spiro atoms. The molecular weight excluding hydrogens is 404 g/mol. The van der Waals surface area contributed by atoms with E-state index in [4.69, 9.17) is 5.11 Å². The van der Waals surface area contributed by atoms with Crippen LogP contribution >= 0.6 is 0 Å². The van der Waals surface area contributed by atoms with Crippen LogP contribution in [0.4, 0.5) is 8.78 Å². The van der Waals surface area contributed by atoms with Gasteiger partial charge < -0.3 is 15.1 Å². The molecule has 2 aliphatic carbocycles. The van der Waals surface area contributed by atoms with Crippen LogP contribution < -0.4 is 0 Å². The summed E-state index contributed by atoms with van der Waals surface area (Å²) in [7, 11) is 0. The second-order valence-electron chi connectivity index (χ2n) is 9.04. The third kappa shape index (κ3) is 3.05. The lowest BCUT2D eigenvalue weighted by Gasteiger charge is -2.34. The summed E-state index contributed by atoms with van der Waals surface area (Å²) >= 11 is 0. The Morgan fingerprint density at radius 3 is 2.16 bits per heavy atom. The topological polar surface area (TPSA) is 77.8 Å². The van der Waals surface area contributed by atoms with Gasteiger partial charge in [0, 0.05) is 13.1 Å². The third-order valence-electron chi connectivity index (χ3n) is 7.25. The van der Waals surface area contributed by atoms with Gasteiger partial charge in [0.25, 0.3) is 11.8 Å². The molecule has 2 aromatic rings. The fraction of sp³-hybridized carbons (Fsp3) is 0.417. The van der Waals surface area contributed by atoms with E-state index >= 15 is 0 Å². The van der Waals surface area contributed by atoms with Crippen molar-refractivity contribution in [3.8, 4) is 11.1 Å². The second-order valence-corrected chi connectivity index (χ2v) is 9.04. The third-order valence-corrected chi connectivity index (χ3v) is 7.25. The van der Waals surface area contributed by atoms with Gasteiger partial charge in [-0.1, -0.05) is 36.4 Å². The molecule has 3 fully saturated rings. The molecule has 5 nitrogen and oxygen atoms in total. The molecule has 7 heteroatoms. The van der Waals surface area contributed by atoms with E-state index in [1.807, 2.05) is 0 Å². The molecule has 1 amide bonds. The molecule has 1 heterocycles. The SMILES string of the molecule is O=C(O)c1cccc(-c2ccc([C@H]3C(F)(F)C34CCN(C(=O)C3(O)CC3)CC4)cc2)c1. The number of likely N-dealkylation sites (tertiary alicyclic amines) is 1. The molecule has 0 aromatic heterocycles. The molecular formula is C24H23F2NO4. The number of alkyl halides is 2. The van der Waals surface area contributed by atoms with Crippen molar-refractivity contribution in [2.75, 3.05) is 13.1 Å². The van der Waals surface area contributed by atoms with Gasteiger partial charge in [-0.2, -0.15) is 0 Å². The first-order chi connectivity index (χ1) is 14.7. The maximum absolute atomic E-state index is 14.9. The highest BCUT2D eigenvalue weighted by molar-refractivity contribution is 5.89. The van der Waals surface area contributed by atoms with Gasteiger partial charge in [0.05, 0.1) is 16.9 Å². The predicted octanol–water partition coefficient (Wildman–Crippen LogP) is 3.92. The highest BCUT2D eigenvalue weighted by Gasteiger charge is 2.80. The number of aromatic carboxylic acids is 1. The molecule has 2 N–H and O–H groups in total. The molecule has 3 aliphatic rings. The smallest absolute Gasteiger partial charge is 0.335 e. The lowest BCUT2D eigenvalue weighted by atomic mass is 9.87. The lowest BCUT2D eigenvalue weighted by Crippen LogP contribution is -2.46. The minimum Gasteiger partial charge on any atom is -0.478 e. The van der Waals surface area contributed by atoms with Crippen LogP contribution in [0.15, 0.2) is 48.5 Å². The Morgan fingerprint density at radius 1 is 0.935 bits per heavy atom. The molecule has 0 radical (unpaired) electrons. The van der Waals surface area contributed by atoms with E-state index in [2.05, 4.69) is 0 Å². The molecule has 1 saturated heterocycles. The normalized spacial score (nSPS) is 24.6. The second kappa shape index (κ2) is 6.60. The number of hydrogen-bond donors (Lipinski definition) is 2. The van der Waals surface area contributed by atoms with Gasteiger partial charge in [0.1, 0.15) is 5.60 Å². The number of carboxylic acid groups (broad SMARTS) is 1. The molecule has 162 valence electrons. The monoisotopic (exact) mass is 427 g/mol. The average Bonchev–Trinajstić information content (AvgIpc) is 3.62. The van der Waals surface area contributed by atoms with Crippen LogP contribution in [-0.4, -0.2) is 51.6 Å². The number of nitrogens with zero attached hydrogens (tertiary/aromatic N) is 1. The van der Waals surface area contributed by atoms with E-state index in [-0.39, 0.29) is 37.4 Å². The highest BCUT2D eigenvalue weighted by atomic mass is 19.3. The van der Waals surface area contributed by atoms with Crippen molar-refractivity contribution in [1.82, 2.24) is 4.90 Å². The van der Waals surface area contributed by atoms with Gasteiger partial charge in [-0.05, 0) is 54.5 Å². The van der Waals surface area contributed by atoms with Gasteiger partial charge in [0.2, 0.25) is 0 Å². The van der Waals surface area contributed by atoms with Crippen LogP contribution in [0.2, 0.25) is 0 Å². The predicted molar refractivity (Wildman–Crippen MR) is 109 cm³/mol. The van der Waals surface area contributed by atoms with Crippen LogP contribution in [0.1, 0.15) is 47.5 Å². The van der Waals surface area contributed by atoms with E-state index in [0.717, 1.165) is 5.56 Å². The lowest BCUT2D eigenvalue weighted by molar-refractivity contribution is -0.144. The number of hydrogen-bond acceptors (Lipinski definition) is 3. The number of piperidine rings is 1. The van der Waals surface area contributed by atoms with E-state index in [0.29, 0.717) is 24.0 Å². The van der Waals surface area contributed by atoms with Crippen molar-refractivity contribution in [2.24, 2.45) is 5.41 Å². The number of carboxylic acids is 1. The molecule has 31 heavy (non-hydrogen) atoms. The first-order valence-electron chi connectivity index (χ1n) is 10.5. The summed E-state index contributed by atoms with van der Waals surface area (Å²) in [5, 5.41) is 19.2. The Labute approximate surface area is 178 Å². The summed E-state index contributed by atoms with van der Waals surface area (Å²) in [6.45, 7) is 0.487. The van der Waals surface area contributed by atoms with E-state index in [1.54, 1.807) is 42.5 Å². The van der Waals surface area contributed by atoms with E-state index < -0.39 is 28.8 Å². The molecule has 2 saturated carbocycles. The van der Waals surface area contributed by atoms with Crippen molar-refractivity contribution in [2.45, 2.75) is 43.1 Å². The summed E-state index contributed by atoms with van der Waals surface area (Å²) in [6.07, 6.45) is 1.34. The fourth-order valence-corrected chi connectivity index (χ4v) is 5.09. The molecule has 1 atom stereocenters. The van der Waals surface area contributed by atoms with Gasteiger partial charge in [-0.15, -0.1) is 0 Å². The number of benzene rings is 2. The van der Waals surface area contributed by atoms with Gasteiger partial charge in [0.15, 0.2) is 0 Å². The van der Waals surface area contributed by atoms with Gasteiger partial charge in [-0.3, -0.25) is 4.79 Å². The summed E-state index contributed by atoms with van der Waals surface area (Å²) in [5.41, 5.74) is -0.184. The van der Waals surface area contributed by atoms with Gasteiger partial charge in [-0.25, -0.2) is 13.6 Å². The van der Waals surface area contributed by atoms with Crippen molar-refractivity contribution >= 4 is 11.9 Å². The minimum atomic E-state index is -2.83. The molecule has 5 rings (SSSR count). The van der Waals surface area contributed by atoms with E-state index in [9.17, 15) is 23.5 Å². The van der Waals surface area contributed by atoms with Crippen LogP contribution in [0.25, 0.3) is 11.1 Å². The highest BCUT2D eigenvalue weighted by Crippen LogP contribution is 2.75. The Morgan fingerprint density at radius 2 is 1.58 bits per heavy atom. The summed E-state index contributed by atoms with van der Waals surface area (Å²) < 4.78 is 29.9. The van der Waals surface area contributed by atoms with Crippen molar-refractivity contribution in [3.63, 3.8) is 0 Å².